The van der Waals surface area contributed by atoms with Crippen molar-refractivity contribution in [3.8, 4) is 6.07 Å². The van der Waals surface area contributed by atoms with Gasteiger partial charge in [-0.15, -0.1) is 0 Å². The lowest BCUT2D eigenvalue weighted by atomic mass is 9.98. The zero-order chi connectivity index (χ0) is 8.70. The molecule has 1 aliphatic rings. The number of nitrogens with two attached hydrogens (primary N) is 1. The van der Waals surface area contributed by atoms with E-state index in [2.05, 4.69) is 0 Å². The Morgan fingerprint density at radius 2 is 1.91 bits per heavy atom. The van der Waals surface area contributed by atoms with Crippen molar-refractivity contribution in [2.75, 3.05) is 0 Å². The largest absolute Gasteiger partial charge is 0.397 e. The highest BCUT2D eigenvalue weighted by Crippen LogP contribution is 2.59. The summed E-state index contributed by atoms with van der Waals surface area (Å²) in [6, 6.07) is 0.0316. The molecule has 1 aliphatic carbocycles. The van der Waals surface area contributed by atoms with Crippen LogP contribution >= 0.6 is 0 Å². The summed E-state index contributed by atoms with van der Waals surface area (Å²) in [5, 5.41) is 8.20. The average Bonchev–Trinajstić information content (AvgIpc) is 2.63. The van der Waals surface area contributed by atoms with E-state index < -0.39 is 17.6 Å². The van der Waals surface area contributed by atoms with Crippen LogP contribution in [0.1, 0.15) is 12.8 Å². The summed E-state index contributed by atoms with van der Waals surface area (Å²) in [6.07, 6.45) is -4.33. The maximum atomic E-state index is 12.1. The summed E-state index contributed by atoms with van der Waals surface area (Å²) in [6.45, 7) is 0. The van der Waals surface area contributed by atoms with Gasteiger partial charge in [0.2, 0.25) is 0 Å². The van der Waals surface area contributed by atoms with Crippen molar-refractivity contribution in [3.63, 3.8) is 0 Å². The number of nitrogens with zero attached hydrogens (tertiary/aromatic N) is 1. The lowest BCUT2D eigenvalue weighted by molar-refractivity contribution is -0.189. The predicted octanol–water partition coefficient (Wildman–Crippen LogP) is 1.18. The third kappa shape index (κ3) is 1.07. The molecule has 0 bridgehead atoms. The lowest BCUT2D eigenvalue weighted by Gasteiger charge is -2.20. The van der Waals surface area contributed by atoms with Gasteiger partial charge in [-0.05, 0) is 12.8 Å². The molecule has 0 spiro atoms. The van der Waals surface area contributed by atoms with E-state index in [4.69, 9.17) is 11.0 Å². The van der Waals surface area contributed by atoms with Crippen molar-refractivity contribution in [2.45, 2.75) is 25.1 Å². The number of hydrogen-bond acceptors (Lipinski definition) is 2. The van der Waals surface area contributed by atoms with Gasteiger partial charge in [-0.25, -0.2) is 0 Å². The fourth-order valence-corrected chi connectivity index (χ4v) is 1.03. The first kappa shape index (κ1) is 8.34. The summed E-state index contributed by atoms with van der Waals surface area (Å²) >= 11 is 0. The van der Waals surface area contributed by atoms with Crippen LogP contribution in [0.2, 0.25) is 0 Å². The number of nitriles is 1. The van der Waals surface area contributed by atoms with E-state index in [1.165, 1.54) is 6.07 Å². The molecule has 2 N–H and O–H groups in total. The SMILES string of the molecule is N#CC(N)C1(C(F)(F)F)CC1. The normalized spacial score (nSPS) is 23.9. The standard InChI is InChI=1S/C6H7F3N2/c7-6(8,9)5(1-2-5)4(11)3-10/h4H,1-2,11H2. The molecule has 1 rings (SSSR count). The number of hydrogen-bond donors (Lipinski definition) is 1. The molecule has 0 saturated heterocycles. The van der Waals surface area contributed by atoms with Crippen molar-refractivity contribution in [1.29, 1.82) is 5.26 Å². The van der Waals surface area contributed by atoms with Crippen LogP contribution in [0.15, 0.2) is 0 Å². The average molecular weight is 164 g/mol. The highest BCUT2D eigenvalue weighted by Gasteiger charge is 2.66. The highest BCUT2D eigenvalue weighted by atomic mass is 19.4. The fourth-order valence-electron chi connectivity index (χ4n) is 1.03. The van der Waals surface area contributed by atoms with Crippen LogP contribution in [0.3, 0.4) is 0 Å². The maximum Gasteiger partial charge on any atom is 0.397 e. The molecule has 1 saturated carbocycles. The molecule has 0 amide bonds. The van der Waals surface area contributed by atoms with E-state index >= 15 is 0 Å². The number of alkyl halides is 3. The summed E-state index contributed by atoms with van der Waals surface area (Å²) < 4.78 is 36.3. The Hall–Kier alpha value is -0.760. The Labute approximate surface area is 61.8 Å². The molecule has 1 fully saturated rings. The van der Waals surface area contributed by atoms with E-state index in [1.807, 2.05) is 0 Å². The van der Waals surface area contributed by atoms with Gasteiger partial charge < -0.3 is 5.73 Å². The summed E-state index contributed by atoms with van der Waals surface area (Å²) in [4.78, 5) is 0. The molecule has 1 unspecified atom stereocenters. The molecule has 1 atom stereocenters. The van der Waals surface area contributed by atoms with Crippen molar-refractivity contribution >= 4 is 0 Å². The summed E-state index contributed by atoms with van der Waals surface area (Å²) in [5.41, 5.74) is 3.13. The van der Waals surface area contributed by atoms with E-state index in [-0.39, 0.29) is 12.8 Å². The van der Waals surface area contributed by atoms with Crippen LogP contribution in [0.5, 0.6) is 0 Å². The van der Waals surface area contributed by atoms with Gasteiger partial charge in [0.1, 0.15) is 6.04 Å². The molecular formula is C6H7F3N2. The third-order valence-electron chi connectivity index (χ3n) is 2.09. The molecule has 0 aliphatic heterocycles. The van der Waals surface area contributed by atoms with Gasteiger partial charge in [-0.1, -0.05) is 0 Å². The summed E-state index contributed by atoms with van der Waals surface area (Å²) in [7, 11) is 0. The van der Waals surface area contributed by atoms with E-state index in [9.17, 15) is 13.2 Å². The predicted molar refractivity (Wildman–Crippen MR) is 31.3 cm³/mol. The van der Waals surface area contributed by atoms with Crippen molar-refractivity contribution < 1.29 is 13.2 Å². The topological polar surface area (TPSA) is 49.8 Å². The molecule has 11 heavy (non-hydrogen) atoms. The first-order valence-corrected chi connectivity index (χ1v) is 3.16. The Morgan fingerprint density at radius 3 is 2.00 bits per heavy atom. The van der Waals surface area contributed by atoms with E-state index in [0.29, 0.717) is 0 Å². The van der Waals surface area contributed by atoms with Gasteiger partial charge in [0.05, 0.1) is 11.5 Å². The second-order valence-corrected chi connectivity index (χ2v) is 2.76. The molecule has 0 heterocycles. The minimum Gasteiger partial charge on any atom is -0.315 e. The van der Waals surface area contributed by atoms with Gasteiger partial charge in [0.25, 0.3) is 0 Å². The highest BCUT2D eigenvalue weighted by molar-refractivity contribution is 5.13. The minimum atomic E-state index is -4.32. The molecule has 5 heteroatoms. The molecule has 0 radical (unpaired) electrons. The molecule has 0 aromatic carbocycles. The van der Waals surface area contributed by atoms with E-state index in [1.54, 1.807) is 0 Å². The molecule has 62 valence electrons. The number of rotatable bonds is 1. The van der Waals surface area contributed by atoms with Gasteiger partial charge >= 0.3 is 6.18 Å². The lowest BCUT2D eigenvalue weighted by Crippen LogP contribution is -2.40. The Balaban J connectivity index is 2.78. The second kappa shape index (κ2) is 2.11. The molecule has 2 nitrogen and oxygen atoms in total. The fraction of sp³-hybridized carbons (Fsp3) is 0.833. The third-order valence-corrected chi connectivity index (χ3v) is 2.09. The van der Waals surface area contributed by atoms with Gasteiger partial charge in [0.15, 0.2) is 0 Å². The maximum absolute atomic E-state index is 12.1. The zero-order valence-electron chi connectivity index (χ0n) is 5.65. The van der Waals surface area contributed by atoms with Crippen LogP contribution in [-0.2, 0) is 0 Å². The van der Waals surface area contributed by atoms with Gasteiger partial charge in [-0.3, -0.25) is 0 Å². The molecule has 0 aromatic rings. The number of halogens is 3. The van der Waals surface area contributed by atoms with Crippen LogP contribution < -0.4 is 5.73 Å². The Morgan fingerprint density at radius 1 is 1.45 bits per heavy atom. The first-order valence-electron chi connectivity index (χ1n) is 3.16. The van der Waals surface area contributed by atoms with Gasteiger partial charge in [-0.2, -0.15) is 18.4 Å². The second-order valence-electron chi connectivity index (χ2n) is 2.76. The minimum absolute atomic E-state index is 0.00870. The van der Waals surface area contributed by atoms with Gasteiger partial charge in [0, 0.05) is 0 Å². The molecule has 0 aromatic heterocycles. The van der Waals surface area contributed by atoms with Crippen molar-refractivity contribution in [1.82, 2.24) is 0 Å². The van der Waals surface area contributed by atoms with Crippen LogP contribution in [0.25, 0.3) is 0 Å². The van der Waals surface area contributed by atoms with Crippen molar-refractivity contribution in [3.05, 3.63) is 0 Å². The van der Waals surface area contributed by atoms with Crippen LogP contribution in [0.4, 0.5) is 13.2 Å². The van der Waals surface area contributed by atoms with E-state index in [0.717, 1.165) is 0 Å². The van der Waals surface area contributed by atoms with Crippen LogP contribution in [-0.4, -0.2) is 12.2 Å². The summed E-state index contributed by atoms with van der Waals surface area (Å²) in [5.74, 6) is 0. The molecular weight excluding hydrogens is 157 g/mol. The smallest absolute Gasteiger partial charge is 0.315 e. The van der Waals surface area contributed by atoms with Crippen molar-refractivity contribution in [2.24, 2.45) is 11.1 Å². The first-order chi connectivity index (χ1) is 4.94. The monoisotopic (exact) mass is 164 g/mol. The zero-order valence-corrected chi connectivity index (χ0v) is 5.65. The van der Waals surface area contributed by atoms with Crippen LogP contribution in [0, 0.1) is 16.7 Å². The Kier molecular flexibility index (Phi) is 1.60. The Bertz CT molecular complexity index is 199. The quantitative estimate of drug-likeness (QED) is 0.632.